The molecule has 3 N–H and O–H groups in total. The Balaban J connectivity index is 1.87. The molecule has 34 heavy (non-hydrogen) atoms. The number of thiophene rings is 1. The van der Waals surface area contributed by atoms with Crippen molar-refractivity contribution >= 4 is 50.1 Å². The van der Waals surface area contributed by atoms with Crippen LogP contribution in [-0.2, 0) is 14.8 Å². The summed E-state index contributed by atoms with van der Waals surface area (Å²) in [4.78, 5) is 22.3. The third kappa shape index (κ3) is 6.30. The van der Waals surface area contributed by atoms with Gasteiger partial charge in [0.05, 0.1) is 33.9 Å². The van der Waals surface area contributed by atoms with Crippen LogP contribution in [0, 0.1) is 10.1 Å². The van der Waals surface area contributed by atoms with Gasteiger partial charge in [-0.25, -0.2) is 8.42 Å². The van der Waals surface area contributed by atoms with E-state index in [-0.39, 0.29) is 29.1 Å². The summed E-state index contributed by atoms with van der Waals surface area (Å²) in [5, 5.41) is 26.6. The number of carbonyl (C=O) groups is 1. The zero-order chi connectivity index (χ0) is 24.7. The topological polar surface area (TPSA) is 160 Å². The highest BCUT2D eigenvalue weighted by atomic mass is 32.2. The van der Waals surface area contributed by atoms with Crippen molar-refractivity contribution in [3.63, 3.8) is 0 Å². The number of nitrogens with one attached hydrogen (secondary N) is 2. The SMILES string of the molecule is COc1ccc(NS(=O)(=O)c2ccc(N/N=C(/CCC(=O)O)c3cccs3)c([N+](=O)[O-])c2)cc1. The highest BCUT2D eigenvalue weighted by Crippen LogP contribution is 2.29. The van der Waals surface area contributed by atoms with Crippen LogP contribution in [0.2, 0.25) is 0 Å². The highest BCUT2D eigenvalue weighted by Gasteiger charge is 2.22. The van der Waals surface area contributed by atoms with E-state index in [1.54, 1.807) is 29.6 Å². The lowest BCUT2D eigenvalue weighted by Crippen LogP contribution is -2.13. The maximum atomic E-state index is 12.7. The number of sulfonamides is 1. The summed E-state index contributed by atoms with van der Waals surface area (Å²) >= 11 is 1.34. The maximum absolute atomic E-state index is 12.7. The number of hydrazone groups is 1. The van der Waals surface area contributed by atoms with E-state index in [2.05, 4.69) is 15.2 Å². The molecule has 0 unspecified atom stereocenters. The van der Waals surface area contributed by atoms with Crippen LogP contribution in [0.1, 0.15) is 17.7 Å². The molecule has 0 saturated heterocycles. The Labute approximate surface area is 198 Å². The van der Waals surface area contributed by atoms with E-state index in [0.29, 0.717) is 16.3 Å². The Morgan fingerprint density at radius 3 is 2.50 bits per heavy atom. The van der Waals surface area contributed by atoms with Crippen LogP contribution in [0.15, 0.2) is 70.0 Å². The molecule has 3 rings (SSSR count). The van der Waals surface area contributed by atoms with Gasteiger partial charge >= 0.3 is 5.97 Å². The Morgan fingerprint density at radius 1 is 1.18 bits per heavy atom. The van der Waals surface area contributed by atoms with Gasteiger partial charge in [0, 0.05) is 18.2 Å². The second-order valence-corrected chi connectivity index (χ2v) is 9.44. The third-order valence-corrected chi connectivity index (χ3v) is 6.81. The van der Waals surface area contributed by atoms with Gasteiger partial charge in [-0.1, -0.05) is 6.07 Å². The van der Waals surface area contributed by atoms with E-state index in [1.165, 1.54) is 42.7 Å². The van der Waals surface area contributed by atoms with Crippen molar-refractivity contribution in [3.05, 3.63) is 75.0 Å². The molecule has 2 aromatic carbocycles. The van der Waals surface area contributed by atoms with Crippen molar-refractivity contribution in [1.29, 1.82) is 0 Å². The first-order valence-corrected chi connectivity index (χ1v) is 12.1. The van der Waals surface area contributed by atoms with Crippen molar-refractivity contribution in [2.45, 2.75) is 17.7 Å². The molecule has 1 aromatic heterocycles. The average molecular weight is 505 g/mol. The number of nitro benzene ring substituents is 1. The number of aliphatic carboxylic acids is 1. The molecule has 0 radical (unpaired) electrons. The van der Waals surface area contributed by atoms with Crippen molar-refractivity contribution in [2.75, 3.05) is 17.3 Å². The van der Waals surface area contributed by atoms with Gasteiger partial charge in [-0.3, -0.25) is 25.1 Å². The van der Waals surface area contributed by atoms with Gasteiger partial charge < -0.3 is 9.84 Å². The number of ether oxygens (including phenoxy) is 1. The number of carboxylic acids is 1. The Morgan fingerprint density at radius 2 is 1.91 bits per heavy atom. The minimum absolute atomic E-state index is 0.0437. The number of hydrogen-bond donors (Lipinski definition) is 3. The summed E-state index contributed by atoms with van der Waals surface area (Å²) in [6, 6.07) is 13.0. The first kappa shape index (κ1) is 24.7. The Hall–Kier alpha value is -3.97. The molecule has 0 saturated carbocycles. The lowest BCUT2D eigenvalue weighted by Gasteiger charge is -2.10. The number of methoxy groups -OCH3 is 1. The molecule has 0 aliphatic heterocycles. The van der Waals surface area contributed by atoms with Gasteiger partial charge in [-0.2, -0.15) is 5.10 Å². The molecule has 1 heterocycles. The van der Waals surface area contributed by atoms with Gasteiger partial charge in [0.1, 0.15) is 11.4 Å². The number of carboxylic acid groups (broad SMARTS) is 1. The zero-order valence-electron chi connectivity index (χ0n) is 17.8. The molecule has 0 fully saturated rings. The monoisotopic (exact) mass is 504 g/mol. The molecule has 0 atom stereocenters. The zero-order valence-corrected chi connectivity index (χ0v) is 19.4. The third-order valence-electron chi connectivity index (χ3n) is 4.51. The second-order valence-electron chi connectivity index (χ2n) is 6.81. The van der Waals surface area contributed by atoms with Gasteiger partial charge in [-0.15, -0.1) is 11.3 Å². The van der Waals surface area contributed by atoms with Crippen molar-refractivity contribution in [3.8, 4) is 5.75 Å². The predicted octanol–water partition coefficient (Wildman–Crippen LogP) is 4.15. The van der Waals surface area contributed by atoms with Gasteiger partial charge in [0.2, 0.25) is 0 Å². The smallest absolute Gasteiger partial charge is 0.303 e. The van der Waals surface area contributed by atoms with Crippen LogP contribution >= 0.6 is 11.3 Å². The molecule has 0 bridgehead atoms. The summed E-state index contributed by atoms with van der Waals surface area (Å²) in [6.45, 7) is 0. The van der Waals surface area contributed by atoms with E-state index in [4.69, 9.17) is 9.84 Å². The summed E-state index contributed by atoms with van der Waals surface area (Å²) in [6.07, 6.45) is -0.0659. The first-order valence-electron chi connectivity index (χ1n) is 9.73. The minimum Gasteiger partial charge on any atom is -0.497 e. The molecule has 178 valence electrons. The molecular weight excluding hydrogens is 484 g/mol. The summed E-state index contributed by atoms with van der Waals surface area (Å²) in [7, 11) is -2.63. The van der Waals surface area contributed by atoms with E-state index in [1.807, 2.05) is 0 Å². The predicted molar refractivity (Wildman–Crippen MR) is 128 cm³/mol. The lowest BCUT2D eigenvalue weighted by molar-refractivity contribution is -0.384. The van der Waals surface area contributed by atoms with Gasteiger partial charge in [-0.05, 0) is 47.8 Å². The van der Waals surface area contributed by atoms with Crippen LogP contribution in [0.4, 0.5) is 17.1 Å². The molecule has 0 spiro atoms. The fourth-order valence-electron chi connectivity index (χ4n) is 2.83. The molecule has 13 heteroatoms. The quantitative estimate of drug-likeness (QED) is 0.199. The van der Waals surface area contributed by atoms with Crippen LogP contribution in [0.3, 0.4) is 0 Å². The molecule has 11 nitrogen and oxygen atoms in total. The first-order chi connectivity index (χ1) is 16.2. The Kier molecular flexibility index (Phi) is 7.81. The fourth-order valence-corrected chi connectivity index (χ4v) is 4.65. The molecule has 0 aliphatic rings. The summed E-state index contributed by atoms with van der Waals surface area (Å²) in [5.74, 6) is -0.464. The molecule has 0 aliphatic carbocycles. The number of hydrogen-bond acceptors (Lipinski definition) is 9. The van der Waals surface area contributed by atoms with Crippen LogP contribution < -0.4 is 14.9 Å². The van der Waals surface area contributed by atoms with Crippen molar-refractivity contribution < 1.29 is 28.0 Å². The van der Waals surface area contributed by atoms with Crippen LogP contribution in [0.25, 0.3) is 0 Å². The van der Waals surface area contributed by atoms with Crippen molar-refractivity contribution in [2.24, 2.45) is 5.10 Å². The van der Waals surface area contributed by atoms with Crippen LogP contribution in [0.5, 0.6) is 5.75 Å². The number of rotatable bonds is 11. The van der Waals surface area contributed by atoms with Gasteiger partial charge in [0.25, 0.3) is 15.7 Å². The Bertz CT molecular complexity index is 1310. The van der Waals surface area contributed by atoms with E-state index >= 15 is 0 Å². The molecule has 3 aromatic rings. The number of benzene rings is 2. The van der Waals surface area contributed by atoms with E-state index in [0.717, 1.165) is 6.07 Å². The van der Waals surface area contributed by atoms with Crippen LogP contribution in [-0.4, -0.2) is 37.2 Å². The highest BCUT2D eigenvalue weighted by molar-refractivity contribution is 7.92. The van der Waals surface area contributed by atoms with Gasteiger partial charge in [0.15, 0.2) is 0 Å². The normalized spacial score (nSPS) is 11.6. The fraction of sp³-hybridized carbons (Fsp3) is 0.143. The largest absolute Gasteiger partial charge is 0.497 e. The number of anilines is 2. The molecular formula is C21H20N4O7S2. The van der Waals surface area contributed by atoms with Crippen molar-refractivity contribution in [1.82, 2.24) is 0 Å². The summed E-state index contributed by atoms with van der Waals surface area (Å²) in [5.41, 5.74) is 2.69. The summed E-state index contributed by atoms with van der Waals surface area (Å²) < 4.78 is 32.9. The maximum Gasteiger partial charge on any atom is 0.303 e. The standard InChI is InChI=1S/C21H20N4O7S2/c1-32-15-6-4-14(5-7-15)24-34(30,31)16-8-9-17(19(13-16)25(28)29)22-23-18(10-11-21(26)27)20-3-2-12-33-20/h2-9,12-13,22,24H,10-11H2,1H3,(H,26,27)/b23-18-. The van der Waals surface area contributed by atoms with E-state index < -0.39 is 26.6 Å². The number of nitrogens with zero attached hydrogens (tertiary/aromatic N) is 2. The average Bonchev–Trinajstić information content (AvgIpc) is 3.34. The number of nitro groups is 1. The molecule has 0 amide bonds. The lowest BCUT2D eigenvalue weighted by atomic mass is 10.2. The van der Waals surface area contributed by atoms with E-state index in [9.17, 15) is 23.3 Å². The second kappa shape index (κ2) is 10.8. The minimum atomic E-state index is -4.11.